The Balaban J connectivity index is 1.33. The first-order valence-corrected chi connectivity index (χ1v) is 16.3. The van der Waals surface area contributed by atoms with Gasteiger partial charge in [-0.05, 0) is 66.8 Å². The van der Waals surface area contributed by atoms with Crippen LogP contribution in [0.25, 0.3) is 11.4 Å². The zero-order chi connectivity index (χ0) is 32.3. The highest BCUT2D eigenvalue weighted by Gasteiger charge is 2.19. The molecule has 1 saturated heterocycles. The van der Waals surface area contributed by atoms with Crippen LogP contribution < -0.4 is 15.5 Å². The molecule has 9 nitrogen and oxygen atoms in total. The van der Waals surface area contributed by atoms with Crippen LogP contribution in [0.15, 0.2) is 79.1 Å². The number of methoxy groups -OCH3 is 1. The molecule has 0 unspecified atom stereocenters. The molecule has 0 aliphatic carbocycles. The second-order valence-electron chi connectivity index (χ2n) is 10.9. The molecule has 1 aliphatic heterocycles. The molecular weight excluding hydrogens is 605 g/mol. The van der Waals surface area contributed by atoms with Gasteiger partial charge in [0.05, 0.1) is 42.9 Å². The van der Waals surface area contributed by atoms with Gasteiger partial charge in [-0.15, -0.1) is 0 Å². The number of rotatable bonds is 12. The molecule has 46 heavy (non-hydrogen) atoms. The van der Waals surface area contributed by atoms with Gasteiger partial charge in [0, 0.05) is 41.4 Å². The molecule has 2 heterocycles. The molecule has 2 amide bonds. The van der Waals surface area contributed by atoms with Crippen molar-refractivity contribution < 1.29 is 23.5 Å². The molecule has 11 heteroatoms. The first kappa shape index (κ1) is 32.6. The van der Waals surface area contributed by atoms with E-state index in [0.717, 1.165) is 37.2 Å². The third-order valence-electron chi connectivity index (χ3n) is 7.60. The molecule has 5 rings (SSSR count). The Kier molecular flexibility index (Phi) is 11.3. The number of nitrogens with one attached hydrogen (secondary N) is 2. The summed E-state index contributed by atoms with van der Waals surface area (Å²) in [5.74, 6) is 0.656. The van der Waals surface area contributed by atoms with Crippen molar-refractivity contribution in [2.75, 3.05) is 41.5 Å². The summed E-state index contributed by atoms with van der Waals surface area (Å²) in [4.78, 5) is 49.4. The van der Waals surface area contributed by atoms with E-state index in [1.54, 1.807) is 48.2 Å². The first-order chi connectivity index (χ1) is 22.4. The normalized spacial score (nSPS) is 12.8. The lowest BCUT2D eigenvalue weighted by Gasteiger charge is -2.29. The minimum atomic E-state index is -0.583. The lowest BCUT2D eigenvalue weighted by Crippen LogP contribution is -2.29. The Morgan fingerprint density at radius 2 is 1.65 bits per heavy atom. The van der Waals surface area contributed by atoms with E-state index in [0.29, 0.717) is 57.4 Å². The molecule has 0 radical (unpaired) electrons. The molecular formula is C35H36FN5O4S. The highest BCUT2D eigenvalue weighted by molar-refractivity contribution is 7.98. The van der Waals surface area contributed by atoms with Gasteiger partial charge in [-0.2, -0.15) is 11.8 Å². The van der Waals surface area contributed by atoms with Crippen molar-refractivity contribution in [1.29, 1.82) is 0 Å². The lowest BCUT2D eigenvalue weighted by atomic mass is 10.1. The summed E-state index contributed by atoms with van der Waals surface area (Å²) in [5.41, 5.74) is 4.59. The Morgan fingerprint density at radius 1 is 0.891 bits per heavy atom. The molecule has 238 valence electrons. The number of aromatic nitrogens is 2. The van der Waals surface area contributed by atoms with E-state index in [2.05, 4.69) is 30.2 Å². The molecule has 4 aromatic rings. The van der Waals surface area contributed by atoms with Crippen molar-refractivity contribution in [2.45, 2.75) is 38.1 Å². The van der Waals surface area contributed by atoms with Gasteiger partial charge < -0.3 is 20.3 Å². The number of thioether (sulfide) groups is 1. The zero-order valence-corrected chi connectivity index (χ0v) is 26.4. The number of nitrogens with zero attached hydrogens (tertiary/aromatic N) is 3. The fraction of sp³-hybridized carbons (Fsp3) is 0.286. The molecule has 0 spiro atoms. The fourth-order valence-corrected chi connectivity index (χ4v) is 6.03. The van der Waals surface area contributed by atoms with Crippen LogP contribution in [0.2, 0.25) is 0 Å². The van der Waals surface area contributed by atoms with Crippen LogP contribution in [-0.2, 0) is 22.0 Å². The van der Waals surface area contributed by atoms with Gasteiger partial charge in [-0.25, -0.2) is 14.4 Å². The number of alkyl halides is 1. The minimum absolute atomic E-state index is 0.253. The van der Waals surface area contributed by atoms with Crippen LogP contribution in [0.5, 0.6) is 0 Å². The Labute approximate surface area is 272 Å². The number of carbonyl (C=O) groups excluding carboxylic acids is 3. The fourth-order valence-electron chi connectivity index (χ4n) is 5.16. The second kappa shape index (κ2) is 16.0. The van der Waals surface area contributed by atoms with E-state index >= 15 is 0 Å². The molecule has 3 aromatic carbocycles. The monoisotopic (exact) mass is 641 g/mol. The Morgan fingerprint density at radius 3 is 2.41 bits per heavy atom. The Bertz CT molecular complexity index is 1680. The number of piperidine rings is 1. The Hall–Kier alpha value is -4.77. The smallest absolute Gasteiger partial charge is 0.306 e. The van der Waals surface area contributed by atoms with E-state index in [1.165, 1.54) is 25.9 Å². The standard InChI is InChI=1S/C35H36FN5O4S/c1-45-32(42)13-16-46-23-25-8-6-10-27(18-25)34(43)40-31-12-11-29(41-14-3-2-4-15-41)19-30(31)35(44)39-28-21-37-33(38-22-28)26-9-5-7-24(17-26)20-36/h5-12,17-19,21-22H,2-4,13-16,20,23H2,1H3,(H,39,44)(H,40,43). The van der Waals surface area contributed by atoms with Crippen LogP contribution in [0.3, 0.4) is 0 Å². The van der Waals surface area contributed by atoms with E-state index in [4.69, 9.17) is 0 Å². The minimum Gasteiger partial charge on any atom is -0.469 e. The van der Waals surface area contributed by atoms with Crippen LogP contribution in [-0.4, -0.2) is 53.7 Å². The number of amides is 2. The quantitative estimate of drug-likeness (QED) is 0.127. The molecule has 1 aliphatic rings. The van der Waals surface area contributed by atoms with Gasteiger partial charge in [0.25, 0.3) is 11.8 Å². The molecule has 1 aromatic heterocycles. The summed E-state index contributed by atoms with van der Waals surface area (Å²) < 4.78 is 17.8. The predicted molar refractivity (Wildman–Crippen MR) is 180 cm³/mol. The highest BCUT2D eigenvalue weighted by Crippen LogP contribution is 2.28. The van der Waals surface area contributed by atoms with Gasteiger partial charge in [-0.3, -0.25) is 14.4 Å². The summed E-state index contributed by atoms with van der Waals surface area (Å²) in [6.07, 6.45) is 6.66. The summed E-state index contributed by atoms with van der Waals surface area (Å²) in [6, 6.07) is 19.7. The van der Waals surface area contributed by atoms with Crippen molar-refractivity contribution in [3.8, 4) is 11.4 Å². The summed E-state index contributed by atoms with van der Waals surface area (Å²) in [7, 11) is 1.37. The van der Waals surface area contributed by atoms with Gasteiger partial charge in [-0.1, -0.05) is 30.3 Å². The maximum atomic E-state index is 13.7. The molecule has 0 atom stereocenters. The predicted octanol–water partition coefficient (Wildman–Crippen LogP) is 6.90. The SMILES string of the molecule is COC(=O)CCSCc1cccc(C(=O)Nc2ccc(N3CCCCC3)cc2C(=O)Nc2cnc(-c3cccc(CF)c3)nc2)c1. The number of ether oxygens (including phenoxy) is 1. The first-order valence-electron chi connectivity index (χ1n) is 15.2. The van der Waals surface area contributed by atoms with E-state index in [9.17, 15) is 18.8 Å². The van der Waals surface area contributed by atoms with Crippen molar-refractivity contribution in [1.82, 2.24) is 9.97 Å². The summed E-state index contributed by atoms with van der Waals surface area (Å²) >= 11 is 1.58. The lowest BCUT2D eigenvalue weighted by molar-refractivity contribution is -0.140. The van der Waals surface area contributed by atoms with E-state index in [-0.39, 0.29) is 11.9 Å². The zero-order valence-electron chi connectivity index (χ0n) is 25.6. The van der Waals surface area contributed by atoms with E-state index in [1.807, 2.05) is 30.3 Å². The topological polar surface area (TPSA) is 114 Å². The van der Waals surface area contributed by atoms with Crippen molar-refractivity contribution >= 4 is 46.6 Å². The number of anilines is 3. The number of hydrogen-bond acceptors (Lipinski definition) is 8. The maximum absolute atomic E-state index is 13.7. The van der Waals surface area contributed by atoms with Crippen molar-refractivity contribution in [3.05, 3.63) is 101 Å². The second-order valence-corrected chi connectivity index (χ2v) is 12.0. The van der Waals surface area contributed by atoms with Gasteiger partial charge in [0.15, 0.2) is 5.82 Å². The van der Waals surface area contributed by atoms with Crippen LogP contribution >= 0.6 is 11.8 Å². The summed E-state index contributed by atoms with van der Waals surface area (Å²) in [5, 5.41) is 5.80. The highest BCUT2D eigenvalue weighted by atomic mass is 32.2. The average molecular weight is 642 g/mol. The maximum Gasteiger partial charge on any atom is 0.306 e. The van der Waals surface area contributed by atoms with Gasteiger partial charge in [0.2, 0.25) is 0 Å². The molecule has 0 bridgehead atoms. The largest absolute Gasteiger partial charge is 0.469 e. The van der Waals surface area contributed by atoms with Gasteiger partial charge in [0.1, 0.15) is 6.67 Å². The number of esters is 1. The third kappa shape index (κ3) is 8.69. The van der Waals surface area contributed by atoms with Crippen LogP contribution in [0.1, 0.15) is 57.5 Å². The number of benzene rings is 3. The number of carbonyl (C=O) groups is 3. The summed E-state index contributed by atoms with van der Waals surface area (Å²) in [6.45, 7) is 1.21. The molecule has 1 fully saturated rings. The molecule has 2 N–H and O–H groups in total. The van der Waals surface area contributed by atoms with Gasteiger partial charge >= 0.3 is 5.97 Å². The average Bonchev–Trinajstić information content (AvgIpc) is 3.11. The van der Waals surface area contributed by atoms with Crippen molar-refractivity contribution in [3.63, 3.8) is 0 Å². The third-order valence-corrected chi connectivity index (χ3v) is 8.63. The number of hydrogen-bond donors (Lipinski definition) is 2. The van der Waals surface area contributed by atoms with Crippen molar-refractivity contribution in [2.24, 2.45) is 0 Å². The van der Waals surface area contributed by atoms with E-state index < -0.39 is 12.6 Å². The molecule has 0 saturated carbocycles. The van der Waals surface area contributed by atoms with Crippen LogP contribution in [0.4, 0.5) is 21.5 Å². The van der Waals surface area contributed by atoms with Crippen LogP contribution in [0, 0.1) is 0 Å². The number of halogens is 1.